The fourth-order valence-corrected chi connectivity index (χ4v) is 3.77. The van der Waals surface area contributed by atoms with Crippen LogP contribution >= 0.6 is 35.3 Å². The molecule has 2 aromatic rings. The minimum Gasteiger partial charge on any atom is -0.352 e. The lowest BCUT2D eigenvalue weighted by Crippen LogP contribution is -2.45. The number of halogens is 2. The summed E-state index contributed by atoms with van der Waals surface area (Å²) in [6, 6.07) is 7.22. The Bertz CT molecular complexity index is 824. The van der Waals surface area contributed by atoms with E-state index in [9.17, 15) is 9.18 Å². The summed E-state index contributed by atoms with van der Waals surface area (Å²) in [5.41, 5.74) is 2.69. The molecule has 3 rings (SSSR count). The fraction of sp³-hybridized carbons (Fsp3) is 0.368. The summed E-state index contributed by atoms with van der Waals surface area (Å²) in [6.45, 7) is 3.78. The Morgan fingerprint density at radius 1 is 1.33 bits per heavy atom. The van der Waals surface area contributed by atoms with Crippen LogP contribution in [0.4, 0.5) is 4.39 Å². The van der Waals surface area contributed by atoms with Crippen molar-refractivity contribution in [2.24, 2.45) is 4.99 Å². The molecule has 0 unspecified atom stereocenters. The van der Waals surface area contributed by atoms with Gasteiger partial charge in [-0.15, -0.1) is 35.3 Å². The lowest BCUT2D eigenvalue weighted by molar-refractivity contribution is -0.130. The Kier molecular flexibility index (Phi) is 8.03. The summed E-state index contributed by atoms with van der Waals surface area (Å²) >= 11 is 1.76. The van der Waals surface area contributed by atoms with E-state index in [1.54, 1.807) is 31.4 Å². The quantitative estimate of drug-likeness (QED) is 0.384. The number of carbonyl (C=O) groups is 1. The van der Waals surface area contributed by atoms with Gasteiger partial charge < -0.3 is 15.5 Å². The number of aryl methyl sites for hydroxylation is 1. The van der Waals surface area contributed by atoms with E-state index in [4.69, 9.17) is 0 Å². The second-order valence-electron chi connectivity index (χ2n) is 6.30. The van der Waals surface area contributed by atoms with Gasteiger partial charge in [0.1, 0.15) is 5.82 Å². The first-order valence-corrected chi connectivity index (χ1v) is 9.47. The average Bonchev–Trinajstić information content (AvgIpc) is 3.12. The first kappa shape index (κ1) is 21.6. The molecule has 1 aromatic carbocycles. The Morgan fingerprint density at radius 2 is 2.15 bits per heavy atom. The molecule has 8 heteroatoms. The van der Waals surface area contributed by atoms with Gasteiger partial charge >= 0.3 is 0 Å². The Morgan fingerprint density at radius 3 is 2.89 bits per heavy atom. The van der Waals surface area contributed by atoms with Crippen molar-refractivity contribution in [1.29, 1.82) is 0 Å². The summed E-state index contributed by atoms with van der Waals surface area (Å²) in [5, 5.41) is 8.22. The van der Waals surface area contributed by atoms with Crippen LogP contribution in [0.25, 0.3) is 0 Å². The van der Waals surface area contributed by atoms with Crippen LogP contribution in [0.1, 0.15) is 21.6 Å². The number of nitrogens with zero attached hydrogens (tertiary/aromatic N) is 2. The molecule has 5 nitrogen and oxygen atoms in total. The van der Waals surface area contributed by atoms with E-state index < -0.39 is 0 Å². The third kappa shape index (κ3) is 5.65. The SMILES string of the molecule is CN=C(NCC(=O)N1CCc2sccc2C1)NCc1ccc(C)c(F)c1.I. The Balaban J connectivity index is 0.00000261. The molecule has 2 heterocycles. The molecule has 1 aliphatic rings. The summed E-state index contributed by atoms with van der Waals surface area (Å²) in [6.07, 6.45) is 0.921. The molecular weight excluding hydrogens is 478 g/mol. The van der Waals surface area contributed by atoms with Crippen LogP contribution in [-0.4, -0.2) is 36.9 Å². The molecule has 0 bridgehead atoms. The van der Waals surface area contributed by atoms with Gasteiger partial charge in [-0.1, -0.05) is 12.1 Å². The largest absolute Gasteiger partial charge is 0.352 e. The van der Waals surface area contributed by atoms with E-state index in [1.807, 2.05) is 11.0 Å². The van der Waals surface area contributed by atoms with Crippen LogP contribution in [-0.2, 0) is 24.3 Å². The Labute approximate surface area is 180 Å². The van der Waals surface area contributed by atoms with Crippen molar-refractivity contribution in [2.75, 3.05) is 20.1 Å². The fourth-order valence-electron chi connectivity index (χ4n) is 2.89. The molecule has 0 fully saturated rings. The molecule has 0 radical (unpaired) electrons. The van der Waals surface area contributed by atoms with E-state index in [2.05, 4.69) is 27.1 Å². The standard InChI is InChI=1S/C19H23FN4OS.HI/c1-13-3-4-14(9-16(13)20)10-22-19(21-2)23-11-18(25)24-7-5-17-15(12-24)6-8-26-17;/h3-4,6,8-9H,5,7,10-12H2,1-2H3,(H2,21,22,23);1H. The highest BCUT2D eigenvalue weighted by atomic mass is 127. The second-order valence-corrected chi connectivity index (χ2v) is 7.30. The average molecular weight is 502 g/mol. The number of aliphatic imine (C=N–C) groups is 1. The van der Waals surface area contributed by atoms with Gasteiger partial charge in [-0.05, 0) is 47.5 Å². The van der Waals surface area contributed by atoms with Crippen molar-refractivity contribution < 1.29 is 9.18 Å². The zero-order chi connectivity index (χ0) is 18.5. The summed E-state index contributed by atoms with van der Waals surface area (Å²) in [5.74, 6) is 0.346. The van der Waals surface area contributed by atoms with E-state index in [0.717, 1.165) is 18.5 Å². The zero-order valence-corrected chi connectivity index (χ0v) is 18.6. The van der Waals surface area contributed by atoms with Gasteiger partial charge in [-0.3, -0.25) is 9.79 Å². The molecule has 2 N–H and O–H groups in total. The molecule has 0 saturated heterocycles. The van der Waals surface area contributed by atoms with Crippen LogP contribution in [0.5, 0.6) is 0 Å². The summed E-state index contributed by atoms with van der Waals surface area (Å²) in [7, 11) is 1.65. The van der Waals surface area contributed by atoms with E-state index in [-0.39, 0.29) is 42.2 Å². The number of carbonyl (C=O) groups excluding carboxylic acids is 1. The predicted molar refractivity (Wildman–Crippen MR) is 118 cm³/mol. The number of benzene rings is 1. The monoisotopic (exact) mass is 502 g/mol. The minimum atomic E-state index is -0.222. The molecule has 0 atom stereocenters. The van der Waals surface area contributed by atoms with Crippen molar-refractivity contribution in [1.82, 2.24) is 15.5 Å². The highest BCUT2D eigenvalue weighted by molar-refractivity contribution is 14.0. The molecule has 0 aliphatic carbocycles. The van der Waals surface area contributed by atoms with Gasteiger partial charge in [0.25, 0.3) is 0 Å². The third-order valence-electron chi connectivity index (χ3n) is 4.49. The predicted octanol–water partition coefficient (Wildman–Crippen LogP) is 3.06. The third-order valence-corrected chi connectivity index (χ3v) is 5.51. The van der Waals surface area contributed by atoms with Crippen molar-refractivity contribution in [3.8, 4) is 0 Å². The van der Waals surface area contributed by atoms with Crippen molar-refractivity contribution in [2.45, 2.75) is 26.4 Å². The zero-order valence-electron chi connectivity index (χ0n) is 15.4. The van der Waals surface area contributed by atoms with Crippen LogP contribution in [0.3, 0.4) is 0 Å². The molecule has 0 spiro atoms. The highest BCUT2D eigenvalue weighted by Crippen LogP contribution is 2.23. The number of hydrogen-bond donors (Lipinski definition) is 2. The number of fused-ring (bicyclic) bond motifs is 1. The molecular formula is C19H24FIN4OS. The van der Waals surface area contributed by atoms with Crippen LogP contribution in [0.15, 0.2) is 34.6 Å². The molecule has 1 aromatic heterocycles. The number of amides is 1. The number of rotatable bonds is 4. The van der Waals surface area contributed by atoms with E-state index in [0.29, 0.717) is 24.6 Å². The van der Waals surface area contributed by atoms with Gasteiger partial charge in [0.15, 0.2) is 5.96 Å². The summed E-state index contributed by atoms with van der Waals surface area (Å²) < 4.78 is 13.6. The normalized spacial score (nSPS) is 13.6. The van der Waals surface area contributed by atoms with Gasteiger partial charge in [0.05, 0.1) is 6.54 Å². The molecule has 1 amide bonds. The van der Waals surface area contributed by atoms with Gasteiger partial charge in [0, 0.05) is 31.6 Å². The topological polar surface area (TPSA) is 56.7 Å². The minimum absolute atomic E-state index is 0. The molecule has 0 saturated carbocycles. The molecule has 27 heavy (non-hydrogen) atoms. The van der Waals surface area contributed by atoms with Crippen molar-refractivity contribution >= 4 is 47.2 Å². The maximum atomic E-state index is 13.6. The first-order chi connectivity index (χ1) is 12.6. The second kappa shape index (κ2) is 10.0. The highest BCUT2D eigenvalue weighted by Gasteiger charge is 2.21. The van der Waals surface area contributed by atoms with Gasteiger partial charge in [-0.2, -0.15) is 0 Å². The molecule has 1 aliphatic heterocycles. The van der Waals surface area contributed by atoms with E-state index >= 15 is 0 Å². The van der Waals surface area contributed by atoms with Gasteiger partial charge in [0.2, 0.25) is 5.91 Å². The lowest BCUT2D eigenvalue weighted by Gasteiger charge is -2.27. The molecule has 146 valence electrons. The summed E-state index contributed by atoms with van der Waals surface area (Å²) in [4.78, 5) is 19.8. The smallest absolute Gasteiger partial charge is 0.242 e. The number of nitrogens with one attached hydrogen (secondary N) is 2. The number of hydrogen-bond acceptors (Lipinski definition) is 3. The lowest BCUT2D eigenvalue weighted by atomic mass is 10.1. The van der Waals surface area contributed by atoms with Crippen molar-refractivity contribution in [3.63, 3.8) is 0 Å². The van der Waals surface area contributed by atoms with Crippen LogP contribution < -0.4 is 10.6 Å². The van der Waals surface area contributed by atoms with Crippen LogP contribution in [0.2, 0.25) is 0 Å². The van der Waals surface area contributed by atoms with Crippen LogP contribution in [0, 0.1) is 12.7 Å². The first-order valence-electron chi connectivity index (χ1n) is 8.59. The van der Waals surface area contributed by atoms with Gasteiger partial charge in [-0.25, -0.2) is 4.39 Å². The van der Waals surface area contributed by atoms with Crippen molar-refractivity contribution in [3.05, 3.63) is 57.0 Å². The number of thiophene rings is 1. The maximum absolute atomic E-state index is 13.6. The number of guanidine groups is 1. The maximum Gasteiger partial charge on any atom is 0.242 e. The van der Waals surface area contributed by atoms with E-state index in [1.165, 1.54) is 16.5 Å². The Hall–Kier alpha value is -1.68.